The van der Waals surface area contributed by atoms with Gasteiger partial charge in [0, 0.05) is 24.9 Å². The van der Waals surface area contributed by atoms with Crippen LogP contribution in [-0.4, -0.2) is 28.8 Å². The number of carbonyl (C=O) groups excluding carboxylic acids is 1. The first-order valence-corrected chi connectivity index (χ1v) is 9.75. The Bertz CT molecular complexity index is 1250. The fourth-order valence-electron chi connectivity index (χ4n) is 3.72. The SMILES string of the molecule is Cc1ccnc2c1OCCC2(NC(=O)c1ccc(=O)[nH]c1)c1ccc(OC(F)(F)F)c(F)c1. The number of hydrogen-bond donors (Lipinski definition) is 2. The molecule has 4 rings (SSSR count). The number of nitrogens with zero attached hydrogens (tertiary/aromatic N) is 1. The molecule has 11 heteroatoms. The van der Waals surface area contributed by atoms with E-state index in [0.29, 0.717) is 11.3 Å². The van der Waals surface area contributed by atoms with Crippen LogP contribution in [0.15, 0.2) is 53.6 Å². The Labute approximate surface area is 184 Å². The van der Waals surface area contributed by atoms with Crippen LogP contribution in [0.25, 0.3) is 0 Å². The first-order chi connectivity index (χ1) is 15.6. The molecular weight excluding hydrogens is 446 g/mol. The zero-order valence-electron chi connectivity index (χ0n) is 17.1. The zero-order chi connectivity index (χ0) is 23.8. The Hall–Kier alpha value is -3.89. The molecule has 2 N–H and O–H groups in total. The van der Waals surface area contributed by atoms with Crippen LogP contribution in [0.1, 0.15) is 33.6 Å². The lowest BCUT2D eigenvalue weighted by Gasteiger charge is -2.39. The molecule has 3 heterocycles. The third-order valence-corrected chi connectivity index (χ3v) is 5.25. The molecule has 1 aliphatic heterocycles. The molecule has 0 saturated carbocycles. The van der Waals surface area contributed by atoms with E-state index < -0.39 is 34.9 Å². The highest BCUT2D eigenvalue weighted by molar-refractivity contribution is 5.94. The molecule has 172 valence electrons. The van der Waals surface area contributed by atoms with E-state index in [2.05, 4.69) is 20.0 Å². The molecule has 3 aromatic rings. The van der Waals surface area contributed by atoms with E-state index in [4.69, 9.17) is 4.74 Å². The maximum Gasteiger partial charge on any atom is 0.573 e. The van der Waals surface area contributed by atoms with Gasteiger partial charge in [0.1, 0.15) is 17.0 Å². The lowest BCUT2D eigenvalue weighted by molar-refractivity contribution is -0.275. The van der Waals surface area contributed by atoms with Crippen molar-refractivity contribution in [2.75, 3.05) is 6.61 Å². The molecule has 0 radical (unpaired) electrons. The third-order valence-electron chi connectivity index (χ3n) is 5.25. The van der Waals surface area contributed by atoms with Crippen LogP contribution in [0.2, 0.25) is 0 Å². The predicted molar refractivity (Wildman–Crippen MR) is 107 cm³/mol. The topological polar surface area (TPSA) is 93.3 Å². The normalized spacial score (nSPS) is 17.6. The van der Waals surface area contributed by atoms with Crippen LogP contribution < -0.4 is 20.3 Å². The van der Waals surface area contributed by atoms with Gasteiger partial charge in [0.2, 0.25) is 5.56 Å². The number of fused-ring (bicyclic) bond motifs is 1. The minimum atomic E-state index is -5.07. The fourth-order valence-corrected chi connectivity index (χ4v) is 3.72. The smallest absolute Gasteiger partial charge is 0.491 e. The second kappa shape index (κ2) is 8.23. The third kappa shape index (κ3) is 4.38. The largest absolute Gasteiger partial charge is 0.573 e. The highest BCUT2D eigenvalue weighted by atomic mass is 19.4. The van der Waals surface area contributed by atoms with Gasteiger partial charge in [0.05, 0.1) is 12.2 Å². The fraction of sp³-hybridized carbons (Fsp3) is 0.227. The van der Waals surface area contributed by atoms with Crippen LogP contribution in [0.3, 0.4) is 0 Å². The highest BCUT2D eigenvalue weighted by Crippen LogP contribution is 2.43. The Kier molecular flexibility index (Phi) is 5.56. The van der Waals surface area contributed by atoms with E-state index in [1.165, 1.54) is 30.6 Å². The molecule has 1 atom stereocenters. The molecule has 0 saturated heterocycles. The molecule has 2 aromatic heterocycles. The second-order valence-corrected chi connectivity index (χ2v) is 7.40. The van der Waals surface area contributed by atoms with Crippen molar-refractivity contribution in [2.24, 2.45) is 0 Å². The number of alkyl halides is 3. The standard InChI is InChI=1S/C22H17F4N3O4/c1-12-6-8-27-19-18(12)32-9-7-21(19,29-20(31)13-2-5-17(30)28-11-13)14-3-4-16(15(23)10-14)33-22(24,25)26/h2-6,8,10-11H,7,9H2,1H3,(H,28,30)(H,29,31). The number of amides is 1. The van der Waals surface area contributed by atoms with E-state index in [0.717, 1.165) is 12.1 Å². The summed E-state index contributed by atoms with van der Waals surface area (Å²) in [7, 11) is 0. The number of H-pyrrole nitrogens is 1. The Balaban J connectivity index is 1.84. The van der Waals surface area contributed by atoms with Crippen molar-refractivity contribution in [3.05, 3.63) is 87.3 Å². The number of nitrogens with one attached hydrogen (secondary N) is 2. The molecule has 1 aliphatic rings. The number of benzene rings is 1. The summed E-state index contributed by atoms with van der Waals surface area (Å²) in [5.41, 5.74) is -0.584. The number of rotatable bonds is 4. The first kappa shape index (κ1) is 22.3. The van der Waals surface area contributed by atoms with Gasteiger partial charge in [-0.3, -0.25) is 14.6 Å². The van der Waals surface area contributed by atoms with Crippen molar-refractivity contribution in [2.45, 2.75) is 25.2 Å². The summed E-state index contributed by atoms with van der Waals surface area (Å²) < 4.78 is 61.8. The maximum atomic E-state index is 14.6. The number of pyridine rings is 2. The first-order valence-electron chi connectivity index (χ1n) is 9.75. The lowest BCUT2D eigenvalue weighted by atomic mass is 9.80. The maximum absolute atomic E-state index is 14.6. The Morgan fingerprint density at radius 2 is 2.03 bits per heavy atom. The monoisotopic (exact) mass is 463 g/mol. The van der Waals surface area contributed by atoms with Gasteiger partial charge in [-0.1, -0.05) is 6.07 Å². The number of carbonyl (C=O) groups is 1. The van der Waals surface area contributed by atoms with Gasteiger partial charge in [-0.05, 0) is 42.3 Å². The van der Waals surface area contributed by atoms with Crippen molar-refractivity contribution >= 4 is 5.91 Å². The summed E-state index contributed by atoms with van der Waals surface area (Å²) in [5.74, 6) is -2.50. The summed E-state index contributed by atoms with van der Waals surface area (Å²) in [6.45, 7) is 1.88. The molecule has 1 unspecified atom stereocenters. The summed E-state index contributed by atoms with van der Waals surface area (Å²) in [6.07, 6.45) is -2.25. The van der Waals surface area contributed by atoms with Crippen molar-refractivity contribution < 1.29 is 31.8 Å². The van der Waals surface area contributed by atoms with Gasteiger partial charge < -0.3 is 19.8 Å². The number of ether oxygens (including phenoxy) is 2. The van der Waals surface area contributed by atoms with E-state index in [9.17, 15) is 27.2 Å². The summed E-state index contributed by atoms with van der Waals surface area (Å²) in [5, 5.41) is 2.83. The lowest BCUT2D eigenvalue weighted by Crippen LogP contribution is -2.50. The van der Waals surface area contributed by atoms with Gasteiger partial charge in [-0.25, -0.2) is 4.39 Å². The zero-order valence-corrected chi connectivity index (χ0v) is 17.1. The number of aromatic nitrogens is 2. The van der Waals surface area contributed by atoms with E-state index in [1.54, 1.807) is 13.0 Å². The van der Waals surface area contributed by atoms with Crippen LogP contribution in [0.5, 0.6) is 11.5 Å². The van der Waals surface area contributed by atoms with Gasteiger partial charge in [0.15, 0.2) is 11.6 Å². The molecular formula is C22H17F4N3O4. The average Bonchev–Trinajstić information content (AvgIpc) is 2.75. The summed E-state index contributed by atoms with van der Waals surface area (Å²) in [6, 6.07) is 7.12. The minimum Gasteiger partial charge on any atom is -0.491 e. The molecule has 1 amide bonds. The van der Waals surface area contributed by atoms with Gasteiger partial charge >= 0.3 is 6.36 Å². The molecule has 33 heavy (non-hydrogen) atoms. The van der Waals surface area contributed by atoms with Gasteiger partial charge in [-0.15, -0.1) is 13.2 Å². The number of halogens is 4. The van der Waals surface area contributed by atoms with E-state index in [1.807, 2.05) is 0 Å². The van der Waals surface area contributed by atoms with Crippen molar-refractivity contribution in [3.8, 4) is 11.5 Å². The number of hydrogen-bond acceptors (Lipinski definition) is 5. The summed E-state index contributed by atoms with van der Waals surface area (Å²) >= 11 is 0. The van der Waals surface area contributed by atoms with Gasteiger partial charge in [-0.2, -0.15) is 0 Å². The van der Waals surface area contributed by atoms with Crippen molar-refractivity contribution in [3.63, 3.8) is 0 Å². The van der Waals surface area contributed by atoms with E-state index >= 15 is 0 Å². The van der Waals surface area contributed by atoms with E-state index in [-0.39, 0.29) is 29.8 Å². The Morgan fingerprint density at radius 3 is 2.70 bits per heavy atom. The molecule has 7 nitrogen and oxygen atoms in total. The molecule has 0 spiro atoms. The van der Waals surface area contributed by atoms with Crippen LogP contribution in [0.4, 0.5) is 17.6 Å². The summed E-state index contributed by atoms with van der Waals surface area (Å²) in [4.78, 5) is 31.2. The average molecular weight is 463 g/mol. The molecule has 0 fully saturated rings. The van der Waals surface area contributed by atoms with Gasteiger partial charge in [0.25, 0.3) is 5.91 Å². The number of aromatic amines is 1. The molecule has 0 bridgehead atoms. The van der Waals surface area contributed by atoms with Crippen LogP contribution in [0, 0.1) is 12.7 Å². The number of aryl methyl sites for hydroxylation is 1. The predicted octanol–water partition coefficient (Wildman–Crippen LogP) is 3.57. The highest BCUT2D eigenvalue weighted by Gasteiger charge is 2.44. The van der Waals surface area contributed by atoms with Crippen LogP contribution >= 0.6 is 0 Å². The van der Waals surface area contributed by atoms with Crippen LogP contribution in [-0.2, 0) is 5.54 Å². The molecule has 0 aliphatic carbocycles. The molecule has 1 aromatic carbocycles. The van der Waals surface area contributed by atoms with Crippen molar-refractivity contribution in [1.29, 1.82) is 0 Å². The quantitative estimate of drug-likeness (QED) is 0.577. The second-order valence-electron chi connectivity index (χ2n) is 7.40. The van der Waals surface area contributed by atoms with Crippen molar-refractivity contribution in [1.82, 2.24) is 15.3 Å². The Morgan fingerprint density at radius 1 is 1.24 bits per heavy atom. The minimum absolute atomic E-state index is 0.116.